The Bertz CT molecular complexity index is 3400. The molecule has 1 aliphatic heterocycles. The summed E-state index contributed by atoms with van der Waals surface area (Å²) in [6.07, 6.45) is 9.91. The number of fused-ring (bicyclic) bond motifs is 3. The number of hydrogen-bond donors (Lipinski definition) is 0. The minimum Gasteiger partial charge on any atom is -0.510 e. The zero-order valence-corrected chi connectivity index (χ0v) is 35.5. The van der Waals surface area contributed by atoms with Gasteiger partial charge in [0.1, 0.15) is 11.5 Å². The Morgan fingerprint density at radius 1 is 0.717 bits per heavy atom. The fourth-order valence-corrected chi connectivity index (χ4v) is 7.83. The van der Waals surface area contributed by atoms with Crippen molar-refractivity contribution >= 4 is 33.3 Å². The van der Waals surface area contributed by atoms with Gasteiger partial charge in [0.05, 0.1) is 53.6 Å². The van der Waals surface area contributed by atoms with Crippen molar-refractivity contribution < 1.29 is 44.1 Å². The summed E-state index contributed by atoms with van der Waals surface area (Å²) in [7, 11) is 6.33. The van der Waals surface area contributed by atoms with Gasteiger partial charge in [-0.3, -0.25) is 4.48 Å². The number of nitrogens with zero attached hydrogens (tertiary/aromatic N) is 6. The third-order valence-electron chi connectivity index (χ3n) is 10.7. The van der Waals surface area contributed by atoms with Crippen molar-refractivity contribution in [2.75, 3.05) is 39.1 Å². The number of aromatic nitrogens is 4. The van der Waals surface area contributed by atoms with Gasteiger partial charge in [-0.1, -0.05) is 108 Å². The van der Waals surface area contributed by atoms with Crippen LogP contribution in [0.4, 0.5) is 11.5 Å². The Labute approximate surface area is 380 Å². The molecule has 1 saturated heterocycles. The van der Waals surface area contributed by atoms with Crippen LogP contribution in [-0.4, -0.2) is 48.4 Å². The first-order valence-corrected chi connectivity index (χ1v) is 19.6. The van der Waals surface area contributed by atoms with E-state index in [9.17, 15) is 0 Å². The van der Waals surface area contributed by atoms with Crippen LogP contribution in [0.1, 0.15) is 33.0 Å². The van der Waals surface area contributed by atoms with E-state index in [1.807, 2.05) is 54.9 Å². The van der Waals surface area contributed by atoms with Crippen LogP contribution >= 0.6 is 0 Å². The van der Waals surface area contributed by atoms with Gasteiger partial charge in [0, 0.05) is 62.6 Å². The van der Waals surface area contributed by atoms with Crippen LogP contribution in [0.2, 0.25) is 0 Å². The number of para-hydroxylation sites is 2. The number of rotatable bonds is 9. The summed E-state index contributed by atoms with van der Waals surface area (Å²) in [5, 5.41) is 2.03. The molecule has 0 saturated carbocycles. The number of ether oxygens (including phenoxy) is 1. The normalized spacial score (nSPS) is 15.4. The SMILES string of the molecule is [2H]c1c([2H])c([2H])c(-c2cccc(-c3c([2H])c([2H])c([2H])c([2H])c3[2H])c2-[n+]2[c-]n(-c3[c-]c(Oc4[c-]c5c(cc4)c4ccccc4n5-c4cc([N+](C)(C)C)ccn4)ccc3)cc2N2CCCCC2)c([2H])c1[2H].[Pt]. The van der Waals surface area contributed by atoms with Crippen LogP contribution in [0.5, 0.6) is 11.5 Å². The second kappa shape index (κ2) is 16.4. The van der Waals surface area contributed by atoms with Gasteiger partial charge in [0.25, 0.3) is 0 Å². The first-order chi connectivity index (χ1) is 33.0. The molecule has 0 unspecified atom stereocenters. The summed E-state index contributed by atoms with van der Waals surface area (Å²) in [5.41, 5.74) is 3.70. The molecule has 7 nitrogen and oxygen atoms in total. The predicted octanol–water partition coefficient (Wildman–Crippen LogP) is 11.0. The van der Waals surface area contributed by atoms with Crippen LogP contribution in [0.15, 0.2) is 158 Å². The molecule has 0 amide bonds. The molecule has 1 fully saturated rings. The monoisotopic (exact) mass is 974 g/mol. The van der Waals surface area contributed by atoms with Gasteiger partial charge in [-0.25, -0.2) is 4.98 Å². The maximum Gasteiger partial charge on any atom is 0.196 e. The molecular formula is C52H45N6OPt-. The summed E-state index contributed by atoms with van der Waals surface area (Å²) < 4.78 is 100. The number of benzene rings is 6. The molecule has 6 aromatic carbocycles. The van der Waals surface area contributed by atoms with Crippen molar-refractivity contribution in [1.29, 1.82) is 0 Å². The molecule has 0 radical (unpaired) electrons. The molecule has 0 aliphatic carbocycles. The van der Waals surface area contributed by atoms with E-state index < -0.39 is 60.4 Å². The molecule has 300 valence electrons. The number of hydrogen-bond acceptors (Lipinski definition) is 3. The van der Waals surface area contributed by atoms with E-state index in [1.165, 1.54) is 0 Å². The second-order valence-electron chi connectivity index (χ2n) is 15.4. The third-order valence-corrected chi connectivity index (χ3v) is 10.7. The quantitative estimate of drug-likeness (QED) is 0.0822. The van der Waals surface area contributed by atoms with Crippen molar-refractivity contribution in [3.63, 3.8) is 0 Å². The van der Waals surface area contributed by atoms with Gasteiger partial charge in [-0.2, -0.15) is 18.2 Å². The second-order valence-corrected chi connectivity index (χ2v) is 15.4. The zero-order chi connectivity index (χ0) is 48.6. The van der Waals surface area contributed by atoms with E-state index in [4.69, 9.17) is 23.4 Å². The Hall–Kier alpha value is -6.27. The van der Waals surface area contributed by atoms with E-state index >= 15 is 0 Å². The first kappa shape index (κ1) is 29.0. The molecule has 60 heavy (non-hydrogen) atoms. The van der Waals surface area contributed by atoms with Crippen LogP contribution < -0.4 is 18.7 Å². The Morgan fingerprint density at radius 3 is 2.12 bits per heavy atom. The van der Waals surface area contributed by atoms with E-state index in [-0.39, 0.29) is 49.0 Å². The van der Waals surface area contributed by atoms with E-state index in [1.54, 1.807) is 33.4 Å². The van der Waals surface area contributed by atoms with Gasteiger partial charge in [-0.05, 0) is 53.0 Å². The average Bonchev–Trinajstić information content (AvgIpc) is 3.94. The fourth-order valence-electron chi connectivity index (χ4n) is 7.83. The van der Waals surface area contributed by atoms with Gasteiger partial charge >= 0.3 is 0 Å². The zero-order valence-electron chi connectivity index (χ0n) is 43.2. The molecule has 0 spiro atoms. The van der Waals surface area contributed by atoms with Gasteiger partial charge in [0.2, 0.25) is 0 Å². The molecule has 1 aliphatic rings. The van der Waals surface area contributed by atoms with Crippen molar-refractivity contribution in [2.24, 2.45) is 0 Å². The minimum atomic E-state index is -0.559. The van der Waals surface area contributed by atoms with Crippen molar-refractivity contribution in [3.8, 4) is 50.9 Å². The summed E-state index contributed by atoms with van der Waals surface area (Å²) >= 11 is 0. The summed E-state index contributed by atoms with van der Waals surface area (Å²) in [6.45, 7) is 1.32. The number of pyridine rings is 1. The number of anilines is 1. The first-order valence-electron chi connectivity index (χ1n) is 24.6. The molecule has 0 atom stereocenters. The summed E-state index contributed by atoms with van der Waals surface area (Å²) in [5.74, 6) is 2.18. The Morgan fingerprint density at radius 2 is 1.40 bits per heavy atom. The number of quaternary nitrogens is 1. The number of imidazole rings is 1. The molecule has 4 heterocycles. The van der Waals surface area contributed by atoms with Crippen LogP contribution in [-0.2, 0) is 21.1 Å². The van der Waals surface area contributed by atoms with Gasteiger partial charge in [-0.15, -0.1) is 29.7 Å². The van der Waals surface area contributed by atoms with E-state index in [0.29, 0.717) is 40.6 Å². The van der Waals surface area contributed by atoms with E-state index in [0.717, 1.165) is 52.6 Å². The molecule has 10 rings (SSSR count). The molecule has 0 N–H and O–H groups in total. The average molecular weight is 975 g/mol. The molecule has 3 aromatic heterocycles. The molecule has 8 heteroatoms. The smallest absolute Gasteiger partial charge is 0.196 e. The maximum atomic E-state index is 9.06. The molecule has 9 aromatic rings. The van der Waals surface area contributed by atoms with E-state index in [2.05, 4.69) is 67.3 Å². The third kappa shape index (κ3) is 7.44. The van der Waals surface area contributed by atoms with Crippen LogP contribution in [0.25, 0.3) is 61.3 Å². The topological polar surface area (TPSA) is 39.1 Å². The Balaban J connectivity index is 0.00000608. The van der Waals surface area contributed by atoms with Crippen LogP contribution in [0.3, 0.4) is 0 Å². The molecular weight excluding hydrogens is 920 g/mol. The number of piperidine rings is 1. The fraction of sp³-hybridized carbons (Fsp3) is 0.154. The largest absolute Gasteiger partial charge is 0.510 e. The van der Waals surface area contributed by atoms with Crippen molar-refractivity contribution in [1.82, 2.24) is 18.6 Å². The van der Waals surface area contributed by atoms with Gasteiger partial charge < -0.3 is 23.3 Å². The summed E-state index contributed by atoms with van der Waals surface area (Å²) in [4.78, 5) is 6.95. The minimum absolute atomic E-state index is 0. The predicted molar refractivity (Wildman–Crippen MR) is 239 cm³/mol. The Kier molecular flexibility index (Phi) is 7.94. The summed E-state index contributed by atoms with van der Waals surface area (Å²) in [6, 6.07) is 28.2. The molecule has 0 bridgehead atoms. The standard InChI is InChI=1S/C52H45N6O.Pt/c1-58(2,3)41-29-30-53-50(34-41)57-48-26-12-11-23-46(48)47-28-27-43(35-49(47)57)59-42-22-15-21-40(33-42)55-36-51(54-31-13-6-14-32-54)56(37-55)52-44(38-17-7-4-8-18-38)24-16-25-45(52)39-19-9-5-10-20-39;/h4-5,7-12,15-30,34,36H,6,13-14,31-32H2,1-3H3;/q-1;/i4D,5D,7D,8D,9D,10D,17D,18D,19D,20D;. The maximum absolute atomic E-state index is 9.06. The van der Waals surface area contributed by atoms with Crippen molar-refractivity contribution in [2.45, 2.75) is 19.3 Å². The van der Waals surface area contributed by atoms with Crippen LogP contribution in [0, 0.1) is 18.5 Å². The van der Waals surface area contributed by atoms with Gasteiger partial charge in [0.15, 0.2) is 12.1 Å². The van der Waals surface area contributed by atoms with Crippen molar-refractivity contribution in [3.05, 3.63) is 176 Å².